The van der Waals surface area contributed by atoms with Gasteiger partial charge in [0.25, 0.3) is 0 Å². The molecule has 3 aromatic heterocycles. The third kappa shape index (κ3) is 5.19. The zero-order chi connectivity index (χ0) is 22.9. The van der Waals surface area contributed by atoms with Gasteiger partial charge >= 0.3 is 0 Å². The summed E-state index contributed by atoms with van der Waals surface area (Å²) in [6.45, 7) is 7.77. The molecule has 0 radical (unpaired) electrons. The minimum Gasteiger partial charge on any atom is -0.413 e. The fourth-order valence-corrected chi connectivity index (χ4v) is 5.00. The average Bonchev–Trinajstić information content (AvgIpc) is 3.31. The molecule has 0 spiro atoms. The van der Waals surface area contributed by atoms with Gasteiger partial charge in [0.2, 0.25) is 0 Å². The Labute approximate surface area is 195 Å². The molecule has 3 heterocycles. The summed E-state index contributed by atoms with van der Waals surface area (Å²) in [6, 6.07) is 11.8. The number of rotatable bonds is 8. The van der Waals surface area contributed by atoms with E-state index in [1.807, 2.05) is 41.2 Å². The summed E-state index contributed by atoms with van der Waals surface area (Å²) in [7, 11) is 4.87. The highest BCUT2D eigenvalue weighted by Gasteiger charge is 2.17. The monoisotopic (exact) mass is 465 g/mol. The van der Waals surface area contributed by atoms with Crippen LogP contribution in [0.4, 0.5) is 5.69 Å². The summed E-state index contributed by atoms with van der Waals surface area (Å²) in [6.07, 6.45) is 7.89. The van der Waals surface area contributed by atoms with Crippen LogP contribution < -0.4 is 9.74 Å². The number of aromatic nitrogens is 4. The van der Waals surface area contributed by atoms with Gasteiger partial charge in [-0.05, 0) is 30.3 Å². The molecule has 1 aromatic carbocycles. The quantitative estimate of drug-likeness (QED) is 0.325. The van der Waals surface area contributed by atoms with E-state index >= 15 is 0 Å². The molecule has 0 aliphatic heterocycles. The Morgan fingerprint density at radius 2 is 1.88 bits per heavy atom. The Morgan fingerprint density at radius 3 is 2.56 bits per heavy atom. The van der Waals surface area contributed by atoms with Crippen LogP contribution in [-0.4, -0.2) is 48.3 Å². The number of nitrogens with zero attached hydrogens (tertiary/aromatic N) is 5. The van der Waals surface area contributed by atoms with E-state index in [4.69, 9.17) is 9.82 Å². The molecular weight excluding hydrogens is 434 g/mol. The Morgan fingerprint density at radius 1 is 1.06 bits per heavy atom. The highest BCUT2D eigenvalue weighted by atomic mass is 32.2. The molecule has 6 nitrogen and oxygen atoms in total. The fourth-order valence-electron chi connectivity index (χ4n) is 3.42. The van der Waals surface area contributed by atoms with Crippen LogP contribution in [0.25, 0.3) is 22.2 Å². The molecule has 0 N–H and O–H groups in total. The standard InChI is InChI=1S/C24H31N5OSSi/c1-27(2)19-8-7-9-20(12-19)31-21-13-22-23(18-14-26-28(3)16-18)17-29(24(22)25-15-21)30-10-11-32(4,5)6/h7-9,12-17H,10-11H2,1-6H3. The number of benzene rings is 1. The third-order valence-corrected chi connectivity index (χ3v) is 7.91. The first-order chi connectivity index (χ1) is 15.2. The van der Waals surface area contributed by atoms with E-state index in [0.717, 1.165) is 33.1 Å². The summed E-state index contributed by atoms with van der Waals surface area (Å²) >= 11 is 1.72. The molecule has 0 bridgehead atoms. The fraction of sp³-hybridized carbons (Fsp3) is 0.333. The van der Waals surface area contributed by atoms with Crippen LogP contribution in [0.1, 0.15) is 0 Å². The Hall–Kier alpha value is -2.71. The van der Waals surface area contributed by atoms with Gasteiger partial charge in [0.1, 0.15) is 6.61 Å². The zero-order valence-corrected chi connectivity index (χ0v) is 21.5. The summed E-state index contributed by atoms with van der Waals surface area (Å²) in [5.74, 6) is 0. The average molecular weight is 466 g/mol. The zero-order valence-electron chi connectivity index (χ0n) is 19.7. The van der Waals surface area contributed by atoms with E-state index in [9.17, 15) is 0 Å². The van der Waals surface area contributed by atoms with Gasteiger partial charge in [-0.25, -0.2) is 4.98 Å². The van der Waals surface area contributed by atoms with Crippen LogP contribution in [-0.2, 0) is 7.05 Å². The van der Waals surface area contributed by atoms with Crippen LogP contribution in [0.2, 0.25) is 25.7 Å². The molecule has 4 aromatic rings. The maximum atomic E-state index is 6.15. The third-order valence-electron chi connectivity index (χ3n) is 5.25. The minimum atomic E-state index is -1.18. The van der Waals surface area contributed by atoms with Crippen molar-refractivity contribution in [1.29, 1.82) is 0 Å². The van der Waals surface area contributed by atoms with Gasteiger partial charge in [-0.15, -0.1) is 0 Å². The second-order valence-electron chi connectivity index (χ2n) is 9.45. The Balaban J connectivity index is 1.69. The summed E-state index contributed by atoms with van der Waals surface area (Å²) in [5.41, 5.74) is 4.16. The van der Waals surface area contributed by atoms with E-state index in [-0.39, 0.29) is 0 Å². The molecule has 168 valence electrons. The second kappa shape index (κ2) is 9.03. The molecule has 32 heavy (non-hydrogen) atoms. The van der Waals surface area contributed by atoms with Crippen LogP contribution in [0.5, 0.6) is 0 Å². The highest BCUT2D eigenvalue weighted by Crippen LogP contribution is 2.35. The molecule has 0 saturated heterocycles. The van der Waals surface area contributed by atoms with Gasteiger partial charge in [0.05, 0.1) is 12.4 Å². The van der Waals surface area contributed by atoms with E-state index in [1.165, 1.54) is 10.6 Å². The number of hydrogen-bond acceptors (Lipinski definition) is 5. The lowest BCUT2D eigenvalue weighted by atomic mass is 10.1. The Bertz CT molecular complexity index is 1220. The summed E-state index contributed by atoms with van der Waals surface area (Å²) < 4.78 is 3.66. The molecular formula is C24H31N5OSSi. The van der Waals surface area contributed by atoms with Crippen molar-refractivity contribution >= 4 is 36.6 Å². The van der Waals surface area contributed by atoms with Crippen LogP contribution >= 0.6 is 11.8 Å². The lowest BCUT2D eigenvalue weighted by Gasteiger charge is -2.16. The molecule has 0 amide bonds. The smallest absolute Gasteiger partial charge is 0.176 e. The summed E-state index contributed by atoms with van der Waals surface area (Å²) in [4.78, 5) is 15.3. The molecule has 0 aliphatic carbocycles. The maximum absolute atomic E-state index is 6.15. The molecule has 0 saturated carbocycles. The summed E-state index contributed by atoms with van der Waals surface area (Å²) in [5, 5.41) is 5.43. The molecule has 8 heteroatoms. The second-order valence-corrected chi connectivity index (χ2v) is 16.2. The van der Waals surface area contributed by atoms with Crippen molar-refractivity contribution in [3.8, 4) is 11.1 Å². The van der Waals surface area contributed by atoms with Crippen LogP contribution in [0.3, 0.4) is 0 Å². The van der Waals surface area contributed by atoms with E-state index in [2.05, 4.69) is 74.1 Å². The maximum Gasteiger partial charge on any atom is 0.176 e. The number of hydrogen-bond donors (Lipinski definition) is 0. The first-order valence-electron chi connectivity index (χ1n) is 10.8. The largest absolute Gasteiger partial charge is 0.413 e. The molecule has 0 unspecified atom stereocenters. The number of fused-ring (bicyclic) bond motifs is 1. The first kappa shape index (κ1) is 22.5. The normalized spacial score (nSPS) is 11.8. The van der Waals surface area contributed by atoms with Crippen molar-refractivity contribution in [2.45, 2.75) is 35.5 Å². The highest BCUT2D eigenvalue weighted by molar-refractivity contribution is 7.99. The van der Waals surface area contributed by atoms with Crippen molar-refractivity contribution in [3.63, 3.8) is 0 Å². The topological polar surface area (TPSA) is 48.1 Å². The lowest BCUT2D eigenvalue weighted by Crippen LogP contribution is -2.25. The molecule has 0 aliphatic rings. The predicted octanol–water partition coefficient (Wildman–Crippen LogP) is 5.42. The van der Waals surface area contributed by atoms with Crippen molar-refractivity contribution in [3.05, 3.63) is 55.1 Å². The van der Waals surface area contributed by atoms with Gasteiger partial charge in [0, 0.05) is 73.6 Å². The predicted molar refractivity (Wildman–Crippen MR) is 136 cm³/mol. The Kier molecular flexibility index (Phi) is 6.35. The minimum absolute atomic E-state index is 0.696. The lowest BCUT2D eigenvalue weighted by molar-refractivity contribution is 0.130. The van der Waals surface area contributed by atoms with Crippen LogP contribution in [0, 0.1) is 0 Å². The molecule has 0 atom stereocenters. The van der Waals surface area contributed by atoms with Gasteiger partial charge < -0.3 is 9.74 Å². The number of pyridine rings is 1. The van der Waals surface area contributed by atoms with E-state index in [1.54, 1.807) is 11.8 Å². The molecule has 4 rings (SSSR count). The van der Waals surface area contributed by atoms with E-state index in [0.29, 0.717) is 6.61 Å². The van der Waals surface area contributed by atoms with Crippen molar-refractivity contribution in [2.24, 2.45) is 7.05 Å². The SMILES string of the molecule is CN(C)c1cccc(Sc2cnc3c(c2)c(-c2cnn(C)c2)cn3OCC[Si](C)(C)C)c1. The van der Waals surface area contributed by atoms with Gasteiger partial charge in [0.15, 0.2) is 5.65 Å². The van der Waals surface area contributed by atoms with Gasteiger partial charge in [-0.2, -0.15) is 9.83 Å². The van der Waals surface area contributed by atoms with Crippen molar-refractivity contribution < 1.29 is 4.84 Å². The van der Waals surface area contributed by atoms with Crippen molar-refractivity contribution in [1.82, 2.24) is 19.5 Å². The molecule has 0 fully saturated rings. The van der Waals surface area contributed by atoms with Crippen molar-refractivity contribution in [2.75, 3.05) is 25.6 Å². The van der Waals surface area contributed by atoms with E-state index < -0.39 is 8.07 Å². The van der Waals surface area contributed by atoms with Gasteiger partial charge in [-0.3, -0.25) is 4.68 Å². The van der Waals surface area contributed by atoms with Crippen LogP contribution in [0.15, 0.2) is 64.9 Å². The number of anilines is 1. The van der Waals surface area contributed by atoms with Gasteiger partial charge in [-0.1, -0.05) is 37.5 Å². The first-order valence-corrected chi connectivity index (χ1v) is 15.3. The number of aryl methyl sites for hydroxylation is 1.